The van der Waals surface area contributed by atoms with Crippen LogP contribution in [-0.4, -0.2) is 10.2 Å². The molecule has 7 rings (SSSR count). The van der Waals surface area contributed by atoms with Gasteiger partial charge in [0.15, 0.2) is 0 Å². The van der Waals surface area contributed by atoms with E-state index < -0.39 is 23.9 Å². The van der Waals surface area contributed by atoms with Gasteiger partial charge in [-0.05, 0) is 109 Å². The van der Waals surface area contributed by atoms with Gasteiger partial charge in [0.25, 0.3) is 0 Å². The van der Waals surface area contributed by atoms with Crippen molar-refractivity contribution in [2.75, 3.05) is 0 Å². The van der Waals surface area contributed by atoms with Gasteiger partial charge in [-0.2, -0.15) is 13.2 Å². The van der Waals surface area contributed by atoms with Gasteiger partial charge in [0, 0.05) is 37.9 Å². The Kier molecular flexibility index (Phi) is 8.35. The molecule has 0 saturated heterocycles. The van der Waals surface area contributed by atoms with Gasteiger partial charge >= 0.3 is 6.18 Å². The lowest BCUT2D eigenvalue weighted by Gasteiger charge is -2.07. The van der Waals surface area contributed by atoms with Crippen LogP contribution in [0.3, 0.4) is 0 Å². The molecule has 0 spiro atoms. The zero-order valence-corrected chi connectivity index (χ0v) is 29.6. The maximum absolute atomic E-state index is 13.0. The van der Waals surface area contributed by atoms with E-state index in [1.165, 1.54) is 40.4 Å². The number of aryl methyl sites for hydroxylation is 1. The monoisotopic (exact) mass is 804 g/mol. The third kappa shape index (κ3) is 6.09. The molecule has 0 bridgehead atoms. The van der Waals surface area contributed by atoms with Crippen molar-refractivity contribution in [2.45, 2.75) is 25.3 Å². The minimum Gasteiger partial charge on any atom is -0.382 e. The van der Waals surface area contributed by atoms with Gasteiger partial charge in [0.1, 0.15) is 12.2 Å². The highest BCUT2D eigenvalue weighted by atomic mass is 79.9. The van der Waals surface area contributed by atoms with Gasteiger partial charge in [0.2, 0.25) is 0 Å². The van der Waals surface area contributed by atoms with E-state index in [1.54, 1.807) is 22.7 Å². The molecule has 2 unspecified atom stereocenters. The Balaban J connectivity index is 1.14. The molecule has 0 radical (unpaired) electrons. The Labute approximate surface area is 289 Å². The largest absolute Gasteiger partial charge is 0.416 e. The Morgan fingerprint density at radius 3 is 1.44 bits per heavy atom. The van der Waals surface area contributed by atoms with Crippen molar-refractivity contribution in [1.82, 2.24) is 0 Å². The van der Waals surface area contributed by atoms with Crippen LogP contribution in [0, 0.1) is 6.92 Å². The number of halogens is 5. The molecule has 228 valence electrons. The Morgan fingerprint density at radius 2 is 1.02 bits per heavy atom. The number of aliphatic hydroxyl groups is 2. The van der Waals surface area contributed by atoms with E-state index in [4.69, 9.17) is 0 Å². The van der Waals surface area contributed by atoms with Crippen LogP contribution in [0.5, 0.6) is 0 Å². The third-order valence-electron chi connectivity index (χ3n) is 7.49. The van der Waals surface area contributed by atoms with E-state index in [-0.39, 0.29) is 0 Å². The van der Waals surface area contributed by atoms with Crippen LogP contribution < -0.4 is 0 Å². The fraction of sp³-hybridized carbons (Fsp3) is 0.118. The predicted octanol–water partition coefficient (Wildman–Crippen LogP) is 12.6. The molecule has 0 amide bonds. The quantitative estimate of drug-likeness (QED) is 0.176. The van der Waals surface area contributed by atoms with Crippen molar-refractivity contribution in [3.63, 3.8) is 0 Å². The summed E-state index contributed by atoms with van der Waals surface area (Å²) < 4.78 is 42.6. The van der Waals surface area contributed by atoms with E-state index in [1.807, 2.05) is 18.2 Å². The average molecular weight is 807 g/mol. The van der Waals surface area contributed by atoms with E-state index >= 15 is 0 Å². The van der Waals surface area contributed by atoms with Gasteiger partial charge in [-0.15, -0.1) is 45.3 Å². The first-order valence-electron chi connectivity index (χ1n) is 13.6. The number of rotatable bonds is 6. The van der Waals surface area contributed by atoms with Crippen LogP contribution in [0.15, 0.2) is 93.9 Å². The number of fused-ring (bicyclic) bond motifs is 2. The van der Waals surface area contributed by atoms with Crippen LogP contribution in [0.2, 0.25) is 0 Å². The Hall–Kier alpha value is -2.35. The highest BCUT2D eigenvalue weighted by Crippen LogP contribution is 2.46. The number of hydrogen-bond donors (Lipinski definition) is 2. The summed E-state index contributed by atoms with van der Waals surface area (Å²) in [6.45, 7) is 2.06. The minimum atomic E-state index is -4.39. The van der Waals surface area contributed by atoms with Gasteiger partial charge in [-0.3, -0.25) is 0 Å². The molecule has 0 saturated carbocycles. The van der Waals surface area contributed by atoms with Crippen LogP contribution in [0.1, 0.15) is 42.8 Å². The van der Waals surface area contributed by atoms with Crippen molar-refractivity contribution >= 4 is 97.4 Å². The summed E-state index contributed by atoms with van der Waals surface area (Å²) in [6.07, 6.45) is -6.04. The summed E-state index contributed by atoms with van der Waals surface area (Å²) in [5, 5.41) is 24.7. The lowest BCUT2D eigenvalue weighted by atomic mass is 10.1. The third-order valence-corrected chi connectivity index (χ3v) is 14.1. The normalized spacial score (nSPS) is 13.6. The minimum absolute atomic E-state index is 0.655. The standard InChI is InChI=1S/C34H21Br2F3O2S4/c1-16-2-4-17(5-3-16)26-14-22(35)32(44-26)30(40)28-12-19-10-25-20(11-24(19)42-28)13-29(43-25)31(41)33-23(36)15-27(45-33)18-6-8-21(9-7-18)34(37,38)39/h2-15,30-31,40-41H,1H3. The zero-order valence-electron chi connectivity index (χ0n) is 23.2. The second kappa shape index (κ2) is 12.0. The summed E-state index contributed by atoms with van der Waals surface area (Å²) in [6, 6.07) is 25.5. The maximum atomic E-state index is 13.0. The van der Waals surface area contributed by atoms with E-state index in [0.29, 0.717) is 14.9 Å². The molecule has 2 nitrogen and oxygen atoms in total. The lowest BCUT2D eigenvalue weighted by Crippen LogP contribution is -2.03. The zero-order chi connectivity index (χ0) is 31.6. The Bertz CT molecular complexity index is 2120. The molecule has 4 aromatic heterocycles. The summed E-state index contributed by atoms with van der Waals surface area (Å²) in [5.41, 5.74) is 2.28. The fourth-order valence-electron chi connectivity index (χ4n) is 5.11. The molecule has 2 atom stereocenters. The number of thiophene rings is 4. The highest BCUT2D eigenvalue weighted by molar-refractivity contribution is 9.11. The molecule has 45 heavy (non-hydrogen) atoms. The molecule has 11 heteroatoms. The second-order valence-corrected chi connectivity index (χ2v) is 16.7. The summed E-state index contributed by atoms with van der Waals surface area (Å²) in [4.78, 5) is 5.04. The second-order valence-electron chi connectivity index (χ2n) is 10.6. The van der Waals surface area contributed by atoms with Crippen molar-refractivity contribution in [3.8, 4) is 20.9 Å². The Morgan fingerprint density at radius 1 is 0.600 bits per heavy atom. The molecule has 0 aliphatic rings. The summed E-state index contributed by atoms with van der Waals surface area (Å²) in [5.74, 6) is 0. The molecule has 4 heterocycles. The van der Waals surface area contributed by atoms with Crippen molar-refractivity contribution in [2.24, 2.45) is 0 Å². The molecule has 2 N–H and O–H groups in total. The number of benzene rings is 3. The van der Waals surface area contributed by atoms with Gasteiger partial charge in [-0.1, -0.05) is 42.0 Å². The molecule has 0 aliphatic heterocycles. The summed E-state index contributed by atoms with van der Waals surface area (Å²) in [7, 11) is 0. The van der Waals surface area contributed by atoms with Crippen molar-refractivity contribution in [3.05, 3.63) is 125 Å². The SMILES string of the molecule is Cc1ccc(-c2cc(Br)c(C(O)c3cc4cc5sc(C(O)c6sc(-c7ccc(C(F)(F)F)cc7)cc6Br)cc5cc4s3)s2)cc1. The fourth-order valence-corrected chi connectivity index (χ4v) is 11.2. The molecule has 7 aromatic rings. The molecule has 3 aromatic carbocycles. The van der Waals surface area contributed by atoms with Crippen LogP contribution in [0.25, 0.3) is 41.1 Å². The summed E-state index contributed by atoms with van der Waals surface area (Å²) >= 11 is 13.2. The molecular weight excluding hydrogens is 785 g/mol. The van der Waals surface area contributed by atoms with Crippen LogP contribution in [0.4, 0.5) is 13.2 Å². The first kappa shape index (κ1) is 31.3. The number of alkyl halides is 3. The lowest BCUT2D eigenvalue weighted by molar-refractivity contribution is -0.137. The average Bonchev–Trinajstić information content (AvgIpc) is 3.79. The highest BCUT2D eigenvalue weighted by Gasteiger charge is 2.30. The first-order chi connectivity index (χ1) is 21.4. The molecule has 0 aliphatic carbocycles. The first-order valence-corrected chi connectivity index (χ1v) is 18.5. The van der Waals surface area contributed by atoms with E-state index in [2.05, 4.69) is 81.2 Å². The topological polar surface area (TPSA) is 40.5 Å². The van der Waals surface area contributed by atoms with E-state index in [9.17, 15) is 23.4 Å². The smallest absolute Gasteiger partial charge is 0.382 e. The van der Waals surface area contributed by atoms with Gasteiger partial charge in [-0.25, -0.2) is 0 Å². The maximum Gasteiger partial charge on any atom is 0.416 e. The number of aliphatic hydroxyl groups excluding tert-OH is 2. The predicted molar refractivity (Wildman–Crippen MR) is 190 cm³/mol. The van der Waals surface area contributed by atoms with Crippen LogP contribution >= 0.6 is 77.2 Å². The number of hydrogen-bond acceptors (Lipinski definition) is 6. The van der Waals surface area contributed by atoms with Crippen LogP contribution in [-0.2, 0) is 6.18 Å². The van der Waals surface area contributed by atoms with Gasteiger partial charge in [0.05, 0.1) is 15.3 Å². The van der Waals surface area contributed by atoms with Crippen molar-refractivity contribution in [1.29, 1.82) is 0 Å². The van der Waals surface area contributed by atoms with Crippen molar-refractivity contribution < 1.29 is 23.4 Å². The van der Waals surface area contributed by atoms with Gasteiger partial charge < -0.3 is 10.2 Å². The molecular formula is C34H21Br2F3O2S4. The molecule has 0 fully saturated rings. The van der Waals surface area contributed by atoms with E-state index in [0.717, 1.165) is 66.7 Å².